The van der Waals surface area contributed by atoms with Crippen LogP contribution in [0.5, 0.6) is 0 Å². The average molecular weight is 870 g/mol. The predicted octanol–water partition coefficient (Wildman–Crippen LogP) is 5.55. The average Bonchev–Trinajstić information content (AvgIpc) is 3.98. The predicted molar refractivity (Wildman–Crippen MR) is 209 cm³/mol. The molecule has 1 aliphatic carbocycles. The number of piperidine rings is 3. The van der Waals surface area contributed by atoms with Crippen LogP contribution in [-0.4, -0.2) is 128 Å². The highest BCUT2D eigenvalue weighted by atomic mass is 19.4. The molecule has 336 valence electrons. The zero-order valence-corrected chi connectivity index (χ0v) is 34.3. The van der Waals surface area contributed by atoms with Crippen molar-refractivity contribution in [1.82, 2.24) is 35.4 Å². The molecular weight excluding hydrogens is 816 g/mol. The molecule has 61 heavy (non-hydrogen) atoms. The number of benzene rings is 1. The van der Waals surface area contributed by atoms with Crippen molar-refractivity contribution < 1.29 is 60.5 Å². The standard InChI is InChI=1S/C22H28F3N5O3.C13H15NO3.C6H10F3NO/c1-20(2,3)16(19(32)30-8-6-21(33,7-9-30)22(23,24)25)29-18(31)13-10-26-17-15(13)28-14(11-27-17)12-4-5-12;15-12-6-8-14(9-7-12)13(16)17-10-11-4-2-1-3-5-11;7-6(8,9)5(11)1-3-10-4-2-5/h10-12,16,33H,4-9H2,1-3H3,(H,26,27)(H,29,31);1-5H,6-10H2;10-11H,1-4H2/t16-;;/m0../s1. The summed E-state index contributed by atoms with van der Waals surface area (Å²) in [6.07, 6.45) is -5.11. The lowest BCUT2D eigenvalue weighted by molar-refractivity contribution is -0.272. The van der Waals surface area contributed by atoms with Crippen LogP contribution in [0.4, 0.5) is 31.1 Å². The van der Waals surface area contributed by atoms with Gasteiger partial charge in [0.1, 0.15) is 23.9 Å². The van der Waals surface area contributed by atoms with Gasteiger partial charge in [-0.2, -0.15) is 26.3 Å². The fourth-order valence-electron chi connectivity index (χ4n) is 6.95. The largest absolute Gasteiger partial charge is 0.445 e. The Balaban J connectivity index is 0.000000207. The summed E-state index contributed by atoms with van der Waals surface area (Å²) in [5, 5.41) is 24.4. The fraction of sp³-hybridized carbons (Fsp3) is 0.610. The number of halogens is 6. The lowest BCUT2D eigenvalue weighted by Crippen LogP contribution is -2.59. The van der Waals surface area contributed by atoms with Crippen LogP contribution < -0.4 is 10.6 Å². The van der Waals surface area contributed by atoms with Crippen LogP contribution in [0, 0.1) is 5.41 Å². The molecule has 0 bridgehead atoms. The number of rotatable bonds is 6. The van der Waals surface area contributed by atoms with E-state index in [2.05, 4.69) is 25.6 Å². The minimum absolute atomic E-state index is 0.220. The molecule has 3 saturated heterocycles. The maximum atomic E-state index is 13.2. The lowest BCUT2D eigenvalue weighted by Gasteiger charge is -2.41. The van der Waals surface area contributed by atoms with Crippen LogP contribution in [0.25, 0.3) is 11.2 Å². The molecule has 5 heterocycles. The molecule has 3 aliphatic heterocycles. The number of hydrogen-bond donors (Lipinski definition) is 5. The van der Waals surface area contributed by atoms with E-state index >= 15 is 0 Å². The summed E-state index contributed by atoms with van der Waals surface area (Å²) in [4.78, 5) is 63.8. The number of fused-ring (bicyclic) bond motifs is 1. The van der Waals surface area contributed by atoms with E-state index in [-0.39, 0.29) is 63.1 Å². The molecule has 0 spiro atoms. The van der Waals surface area contributed by atoms with Gasteiger partial charge in [-0.25, -0.2) is 14.8 Å². The molecule has 3 amide bonds. The van der Waals surface area contributed by atoms with Gasteiger partial charge in [0.05, 0.1) is 17.5 Å². The Morgan fingerprint density at radius 1 is 0.885 bits per heavy atom. The molecule has 20 heteroatoms. The van der Waals surface area contributed by atoms with E-state index in [1.54, 1.807) is 31.9 Å². The summed E-state index contributed by atoms with van der Waals surface area (Å²) < 4.78 is 80.7. The Kier molecular flexibility index (Phi) is 14.8. The smallest absolute Gasteiger partial charge is 0.417 e. The van der Waals surface area contributed by atoms with E-state index < -0.39 is 59.7 Å². The van der Waals surface area contributed by atoms with E-state index in [4.69, 9.17) is 9.84 Å². The molecular formula is C41H53F6N7O7. The zero-order valence-electron chi connectivity index (χ0n) is 34.3. The summed E-state index contributed by atoms with van der Waals surface area (Å²) in [6, 6.07) is 8.57. The van der Waals surface area contributed by atoms with Gasteiger partial charge in [-0.15, -0.1) is 0 Å². The van der Waals surface area contributed by atoms with Gasteiger partial charge in [0.25, 0.3) is 5.91 Å². The second-order valence-corrected chi connectivity index (χ2v) is 16.9. The SMILES string of the molecule is CC(C)(C)[C@@H](NC(=O)c1c[nH]c2ncc(C3CC3)nc12)C(=O)N1CCC(O)(C(F)(F)F)CC1.O=C1CCN(C(=O)OCc2ccccc2)CC1.OC1(C(F)(F)F)CCNCC1. The highest BCUT2D eigenvalue weighted by Gasteiger charge is 2.56. The number of carbonyl (C=O) groups excluding carboxylic acids is 4. The number of ketones is 1. The minimum atomic E-state index is -4.75. The number of nitrogens with zero attached hydrogens (tertiary/aromatic N) is 4. The third-order valence-electron chi connectivity index (χ3n) is 11.2. The Labute approximate surface area is 348 Å². The number of ether oxygens (including phenoxy) is 1. The number of carbonyl (C=O) groups is 4. The molecule has 0 unspecified atom stereocenters. The van der Waals surface area contributed by atoms with Gasteiger partial charge in [-0.1, -0.05) is 51.1 Å². The van der Waals surface area contributed by atoms with E-state index in [0.29, 0.717) is 43.0 Å². The number of aromatic amines is 1. The van der Waals surface area contributed by atoms with Crippen molar-refractivity contribution in [3.63, 3.8) is 0 Å². The number of hydrogen-bond acceptors (Lipinski definition) is 10. The summed E-state index contributed by atoms with van der Waals surface area (Å²) in [5.41, 5.74) is -3.02. The molecule has 4 fully saturated rings. The third kappa shape index (κ3) is 12.2. The molecule has 1 aromatic carbocycles. The highest BCUT2D eigenvalue weighted by Crippen LogP contribution is 2.40. The quantitative estimate of drug-likeness (QED) is 0.197. The topological polar surface area (TPSA) is 190 Å². The summed E-state index contributed by atoms with van der Waals surface area (Å²) in [6.45, 7) is 6.51. The Bertz CT molecular complexity index is 1980. The number of likely N-dealkylation sites (tertiary alicyclic amines) is 2. The van der Waals surface area contributed by atoms with Gasteiger partial charge in [0, 0.05) is 64.0 Å². The molecule has 2 aromatic heterocycles. The van der Waals surface area contributed by atoms with Crippen LogP contribution in [0.3, 0.4) is 0 Å². The summed E-state index contributed by atoms with van der Waals surface area (Å²) >= 11 is 0. The summed E-state index contributed by atoms with van der Waals surface area (Å²) in [7, 11) is 0. The van der Waals surface area contributed by atoms with Gasteiger partial charge in [-0.3, -0.25) is 14.4 Å². The molecule has 5 N–H and O–H groups in total. The van der Waals surface area contributed by atoms with Crippen molar-refractivity contribution in [2.24, 2.45) is 5.41 Å². The highest BCUT2D eigenvalue weighted by molar-refractivity contribution is 6.06. The maximum absolute atomic E-state index is 13.2. The van der Waals surface area contributed by atoms with Gasteiger partial charge < -0.3 is 40.4 Å². The third-order valence-corrected chi connectivity index (χ3v) is 11.2. The Morgan fingerprint density at radius 2 is 1.46 bits per heavy atom. The van der Waals surface area contributed by atoms with Crippen LogP contribution in [-0.2, 0) is 20.9 Å². The normalized spacial score (nSPS) is 19.8. The van der Waals surface area contributed by atoms with E-state index in [1.807, 2.05) is 30.3 Å². The lowest BCUT2D eigenvalue weighted by atomic mass is 9.84. The number of alkyl halides is 6. The zero-order chi connectivity index (χ0) is 44.8. The first-order chi connectivity index (χ1) is 28.5. The van der Waals surface area contributed by atoms with Crippen molar-refractivity contribution in [3.8, 4) is 0 Å². The van der Waals surface area contributed by atoms with Crippen LogP contribution in [0.2, 0.25) is 0 Å². The molecule has 14 nitrogen and oxygen atoms in total. The van der Waals surface area contributed by atoms with E-state index in [9.17, 15) is 50.6 Å². The molecule has 7 rings (SSSR count). The molecule has 1 atom stereocenters. The van der Waals surface area contributed by atoms with Crippen LogP contribution in [0.1, 0.15) is 99.7 Å². The number of aliphatic hydroxyl groups is 2. The first-order valence-electron chi connectivity index (χ1n) is 20.2. The number of nitrogens with one attached hydrogen (secondary N) is 3. The van der Waals surface area contributed by atoms with Gasteiger partial charge >= 0.3 is 18.4 Å². The first kappa shape index (κ1) is 47.2. The Hall–Kier alpha value is -4.82. The summed E-state index contributed by atoms with van der Waals surface area (Å²) in [5.74, 6) is -0.423. The van der Waals surface area contributed by atoms with Crippen molar-refractivity contribution in [2.75, 3.05) is 39.3 Å². The van der Waals surface area contributed by atoms with Crippen LogP contribution >= 0.6 is 0 Å². The first-order valence-corrected chi connectivity index (χ1v) is 20.2. The van der Waals surface area contributed by atoms with E-state index in [1.165, 1.54) is 11.1 Å². The van der Waals surface area contributed by atoms with Gasteiger partial charge in [0.2, 0.25) is 5.91 Å². The monoisotopic (exact) mass is 869 g/mol. The second-order valence-electron chi connectivity index (χ2n) is 16.9. The van der Waals surface area contributed by atoms with Crippen molar-refractivity contribution in [3.05, 3.63) is 59.5 Å². The number of amides is 3. The Morgan fingerprint density at radius 3 is 1.98 bits per heavy atom. The van der Waals surface area contributed by atoms with Crippen molar-refractivity contribution in [1.29, 1.82) is 0 Å². The molecule has 3 aromatic rings. The number of Topliss-reactive ketones (excluding diaryl/α,β-unsaturated/α-hetero) is 1. The molecule has 0 radical (unpaired) electrons. The second kappa shape index (κ2) is 19.1. The van der Waals surface area contributed by atoms with Gasteiger partial charge in [-0.05, 0) is 49.8 Å². The van der Waals surface area contributed by atoms with Crippen LogP contribution in [0.15, 0.2) is 42.7 Å². The molecule has 4 aliphatic rings. The van der Waals surface area contributed by atoms with Crippen molar-refractivity contribution in [2.45, 2.75) is 114 Å². The number of aromatic nitrogens is 3. The maximum Gasteiger partial charge on any atom is 0.417 e. The molecule has 1 saturated carbocycles. The number of H-pyrrole nitrogens is 1. The fourth-order valence-corrected chi connectivity index (χ4v) is 6.95. The van der Waals surface area contributed by atoms with Crippen molar-refractivity contribution >= 4 is 34.9 Å². The minimum Gasteiger partial charge on any atom is -0.445 e. The van der Waals surface area contributed by atoms with Gasteiger partial charge in [0.15, 0.2) is 16.8 Å². The van der Waals surface area contributed by atoms with E-state index in [0.717, 1.165) is 24.1 Å².